The van der Waals surface area contributed by atoms with Crippen molar-refractivity contribution < 1.29 is 9.13 Å². The molecule has 1 fully saturated rings. The van der Waals surface area contributed by atoms with Crippen LogP contribution in [0.3, 0.4) is 0 Å². The Morgan fingerprint density at radius 3 is 2.95 bits per heavy atom. The Morgan fingerprint density at radius 2 is 2.21 bits per heavy atom. The quantitative estimate of drug-likeness (QED) is 0.831. The Bertz CT molecular complexity index is 476. The second-order valence-corrected chi connectivity index (χ2v) is 6.21. The van der Waals surface area contributed by atoms with Crippen LogP contribution in [0, 0.1) is 11.7 Å². The number of benzene rings is 1. The van der Waals surface area contributed by atoms with Gasteiger partial charge in [-0.15, -0.1) is 0 Å². The predicted octanol–water partition coefficient (Wildman–Crippen LogP) is 3.82. The second-order valence-electron chi connectivity index (χ2n) is 6.21. The normalized spacial score (nSPS) is 33.8. The first kappa shape index (κ1) is 12.9. The molecular weight excluding hydrogens is 241 g/mol. The van der Waals surface area contributed by atoms with E-state index in [1.165, 1.54) is 18.9 Å². The summed E-state index contributed by atoms with van der Waals surface area (Å²) in [5.74, 6) is 1.39. The maximum absolute atomic E-state index is 13.4. The molecule has 1 N–H and O–H groups in total. The third-order valence-electron chi connectivity index (χ3n) is 4.65. The van der Waals surface area contributed by atoms with Gasteiger partial charge in [-0.05, 0) is 50.4 Å². The molecule has 2 aliphatic rings. The fourth-order valence-corrected chi connectivity index (χ4v) is 3.79. The number of halogens is 1. The van der Waals surface area contributed by atoms with E-state index in [0.29, 0.717) is 5.92 Å². The highest BCUT2D eigenvalue weighted by Crippen LogP contribution is 2.47. The van der Waals surface area contributed by atoms with Gasteiger partial charge in [-0.2, -0.15) is 0 Å². The smallest absolute Gasteiger partial charge is 0.125 e. The molecule has 3 unspecified atom stereocenters. The molecule has 3 rings (SSSR count). The van der Waals surface area contributed by atoms with Crippen molar-refractivity contribution in [2.75, 3.05) is 7.05 Å². The fraction of sp³-hybridized carbons (Fsp3) is 0.625. The van der Waals surface area contributed by atoms with Crippen LogP contribution in [0.1, 0.15) is 50.6 Å². The van der Waals surface area contributed by atoms with E-state index in [0.717, 1.165) is 30.6 Å². The highest BCUT2D eigenvalue weighted by atomic mass is 19.1. The molecular formula is C16H22FNO. The van der Waals surface area contributed by atoms with Crippen LogP contribution < -0.4 is 10.1 Å². The summed E-state index contributed by atoms with van der Waals surface area (Å²) in [5, 5.41) is 3.33. The van der Waals surface area contributed by atoms with Crippen LogP contribution in [-0.2, 0) is 0 Å². The Labute approximate surface area is 114 Å². The van der Waals surface area contributed by atoms with Crippen LogP contribution >= 0.6 is 0 Å². The molecule has 2 nitrogen and oxygen atoms in total. The summed E-state index contributed by atoms with van der Waals surface area (Å²) >= 11 is 0. The summed E-state index contributed by atoms with van der Waals surface area (Å²) in [6.07, 6.45) is 5.71. The van der Waals surface area contributed by atoms with Gasteiger partial charge in [0.15, 0.2) is 0 Å². The first-order valence-corrected chi connectivity index (χ1v) is 7.28. The fourth-order valence-electron chi connectivity index (χ4n) is 3.79. The van der Waals surface area contributed by atoms with E-state index in [4.69, 9.17) is 4.74 Å². The minimum absolute atomic E-state index is 0.0455. The van der Waals surface area contributed by atoms with E-state index < -0.39 is 0 Å². The van der Waals surface area contributed by atoms with Gasteiger partial charge in [0.2, 0.25) is 0 Å². The van der Waals surface area contributed by atoms with E-state index in [9.17, 15) is 4.39 Å². The van der Waals surface area contributed by atoms with Gasteiger partial charge in [-0.3, -0.25) is 0 Å². The molecule has 0 amide bonds. The zero-order valence-electron chi connectivity index (χ0n) is 11.7. The zero-order valence-corrected chi connectivity index (χ0v) is 11.7. The molecule has 3 heteroatoms. The summed E-state index contributed by atoms with van der Waals surface area (Å²) in [6, 6.07) is 5.09. The van der Waals surface area contributed by atoms with Crippen LogP contribution in [0.15, 0.2) is 18.2 Å². The first-order valence-electron chi connectivity index (χ1n) is 7.28. The molecule has 104 valence electrons. The minimum Gasteiger partial charge on any atom is -0.487 e. The predicted molar refractivity (Wildman–Crippen MR) is 73.8 cm³/mol. The summed E-state index contributed by atoms with van der Waals surface area (Å²) in [6.45, 7) is 2.30. The second kappa shape index (κ2) is 4.78. The van der Waals surface area contributed by atoms with Crippen molar-refractivity contribution in [2.24, 2.45) is 5.92 Å². The Morgan fingerprint density at radius 1 is 1.37 bits per heavy atom. The summed E-state index contributed by atoms with van der Waals surface area (Å²) in [5.41, 5.74) is 0.919. The number of nitrogens with one attached hydrogen (secondary N) is 1. The van der Waals surface area contributed by atoms with E-state index in [-0.39, 0.29) is 17.5 Å². The van der Waals surface area contributed by atoms with Gasteiger partial charge >= 0.3 is 0 Å². The molecule has 0 radical (unpaired) electrons. The highest BCUT2D eigenvalue weighted by Gasteiger charge is 2.43. The molecule has 19 heavy (non-hydrogen) atoms. The summed E-state index contributed by atoms with van der Waals surface area (Å²) in [4.78, 5) is 0. The molecule has 1 aromatic rings. The van der Waals surface area contributed by atoms with Gasteiger partial charge in [0.25, 0.3) is 0 Å². The summed E-state index contributed by atoms with van der Waals surface area (Å²) in [7, 11) is 1.95. The first-order chi connectivity index (χ1) is 9.12. The van der Waals surface area contributed by atoms with Gasteiger partial charge in [0, 0.05) is 18.0 Å². The third kappa shape index (κ3) is 2.36. The lowest BCUT2D eigenvalue weighted by molar-refractivity contribution is -0.0174. The number of ether oxygens (including phenoxy) is 1. The van der Waals surface area contributed by atoms with Crippen molar-refractivity contribution in [3.63, 3.8) is 0 Å². The van der Waals surface area contributed by atoms with Crippen molar-refractivity contribution in [2.45, 2.75) is 50.7 Å². The van der Waals surface area contributed by atoms with Gasteiger partial charge in [0.1, 0.15) is 17.2 Å². The van der Waals surface area contributed by atoms with Gasteiger partial charge in [0.05, 0.1) is 0 Å². The molecule has 1 aliphatic carbocycles. The number of fused-ring (bicyclic) bond motifs is 1. The van der Waals surface area contributed by atoms with Crippen molar-refractivity contribution in [1.82, 2.24) is 5.32 Å². The SMILES string of the molecule is CNC1CC2(CCCC(C)C2)Oc2ccc(F)cc21. The van der Waals surface area contributed by atoms with Crippen molar-refractivity contribution in [1.29, 1.82) is 0 Å². The molecule has 1 spiro atoms. The van der Waals surface area contributed by atoms with Crippen LogP contribution in [0.4, 0.5) is 4.39 Å². The van der Waals surface area contributed by atoms with Crippen LogP contribution in [0.25, 0.3) is 0 Å². The van der Waals surface area contributed by atoms with E-state index in [1.807, 2.05) is 7.05 Å². The van der Waals surface area contributed by atoms with Gasteiger partial charge in [-0.1, -0.05) is 13.3 Å². The maximum atomic E-state index is 13.4. The number of rotatable bonds is 1. The van der Waals surface area contributed by atoms with E-state index in [2.05, 4.69) is 12.2 Å². The van der Waals surface area contributed by atoms with Gasteiger partial charge in [-0.25, -0.2) is 4.39 Å². The molecule has 0 aromatic heterocycles. The maximum Gasteiger partial charge on any atom is 0.125 e. The van der Waals surface area contributed by atoms with Crippen molar-refractivity contribution in [3.8, 4) is 5.75 Å². The summed E-state index contributed by atoms with van der Waals surface area (Å²) < 4.78 is 19.7. The van der Waals surface area contributed by atoms with Crippen LogP contribution in [0.5, 0.6) is 5.75 Å². The standard InChI is InChI=1S/C16H22FNO/c1-11-4-3-7-16(9-11)10-14(18-2)13-8-12(17)5-6-15(13)19-16/h5-6,8,11,14,18H,3-4,7,9-10H2,1-2H3. The molecule has 3 atom stereocenters. The average Bonchev–Trinajstić information content (AvgIpc) is 2.38. The monoisotopic (exact) mass is 263 g/mol. The van der Waals surface area contributed by atoms with Crippen LogP contribution in [0.2, 0.25) is 0 Å². The zero-order chi connectivity index (χ0) is 13.5. The molecule has 1 saturated carbocycles. The largest absolute Gasteiger partial charge is 0.487 e. The molecule has 1 aromatic carbocycles. The lowest BCUT2D eigenvalue weighted by Gasteiger charge is -2.46. The van der Waals surface area contributed by atoms with Gasteiger partial charge < -0.3 is 10.1 Å². The van der Waals surface area contributed by atoms with E-state index >= 15 is 0 Å². The van der Waals surface area contributed by atoms with Crippen molar-refractivity contribution >= 4 is 0 Å². The Balaban J connectivity index is 1.95. The lowest BCUT2D eigenvalue weighted by atomic mass is 9.73. The highest BCUT2D eigenvalue weighted by molar-refractivity contribution is 5.39. The minimum atomic E-state index is -0.185. The van der Waals surface area contributed by atoms with Crippen LogP contribution in [-0.4, -0.2) is 12.6 Å². The molecule has 1 aliphatic heterocycles. The molecule has 0 bridgehead atoms. The number of hydrogen-bond donors (Lipinski definition) is 1. The Kier molecular flexibility index (Phi) is 3.25. The topological polar surface area (TPSA) is 21.3 Å². The third-order valence-corrected chi connectivity index (χ3v) is 4.65. The molecule has 1 heterocycles. The lowest BCUT2D eigenvalue weighted by Crippen LogP contribution is -2.46. The Hall–Kier alpha value is -1.09. The number of hydrogen-bond acceptors (Lipinski definition) is 2. The van der Waals surface area contributed by atoms with E-state index in [1.54, 1.807) is 12.1 Å². The molecule has 0 saturated heterocycles. The average molecular weight is 263 g/mol. The van der Waals surface area contributed by atoms with Crippen molar-refractivity contribution in [3.05, 3.63) is 29.6 Å².